The standard InChI is InChI=1S/C51H66N4O11S2/c1-4-28(9-13-57)47(62)66-49(2)35(26-60)15-33-27-67-68-41-17-32(24-58)45(53-3)37-23-55(46(37)41)43(61)18-31-22-54-42(52)19-36(31)44(33)51(49)21-30-14-29-16-38(48(63)64-39(29)20-40(30)65-51)50(10-5-6-11-50)34(25-59)8-7-12-56/h4,14-16,19-20,24,32,34-35,37,41,44-46,53-54,56-57,59-60H,5-13,17-18,21-23,25-27,52H2,1-3H3/b28-4+/t32-,34-,35+,37+,41+,44-,45-,46+,49+,51+/m0/s1. The molecule has 9 rings (SSSR count). The quantitative estimate of drug-likeness (QED) is 0.0376. The predicted octanol–water partition coefficient (Wildman–Crippen LogP) is 3.94. The highest BCUT2D eigenvalue weighted by molar-refractivity contribution is 8.77. The van der Waals surface area contributed by atoms with E-state index in [-0.39, 0.29) is 92.2 Å². The van der Waals surface area contributed by atoms with Crippen LogP contribution in [0.1, 0.15) is 82.8 Å². The van der Waals surface area contributed by atoms with Crippen molar-refractivity contribution in [3.63, 3.8) is 0 Å². The lowest BCUT2D eigenvalue weighted by molar-refractivity contribution is -0.202. The van der Waals surface area contributed by atoms with Gasteiger partial charge in [-0.3, -0.25) is 4.79 Å². The number of allylic oxidation sites excluding steroid dienone is 2. The van der Waals surface area contributed by atoms with Gasteiger partial charge >= 0.3 is 11.6 Å². The van der Waals surface area contributed by atoms with Crippen molar-refractivity contribution in [1.82, 2.24) is 15.5 Å². The van der Waals surface area contributed by atoms with E-state index in [1.807, 2.05) is 36.2 Å². The molecule has 7 aliphatic rings. The van der Waals surface area contributed by atoms with Gasteiger partial charge in [0.25, 0.3) is 0 Å². The summed E-state index contributed by atoms with van der Waals surface area (Å²) in [6.45, 7) is 3.48. The van der Waals surface area contributed by atoms with E-state index in [0.717, 1.165) is 41.4 Å². The van der Waals surface area contributed by atoms with Crippen molar-refractivity contribution in [2.75, 3.05) is 52.3 Å². The van der Waals surface area contributed by atoms with Crippen LogP contribution in [0, 0.1) is 29.6 Å². The SMILES string of the molecule is C/C=C(\CCO)C(=O)O[C@]1(C)[C@@H](CO)C=C2CSS[C@@H]3C[C@@H](C=O)[C@H](NC)[C@H]4CN(C(=O)CC5=C(C=C(N)NC5)[C@H]2[C@]12Cc1cc5cc(C6([C@H](CO)CCCO)CCCC6)c(=O)oc5cc1O2)[C@H]43. The van der Waals surface area contributed by atoms with Gasteiger partial charge < -0.3 is 60.4 Å². The summed E-state index contributed by atoms with van der Waals surface area (Å²) in [5, 5.41) is 49.2. The Labute approximate surface area is 404 Å². The molecule has 368 valence electrons. The highest BCUT2D eigenvalue weighted by atomic mass is 33.1. The third kappa shape index (κ3) is 8.05. The summed E-state index contributed by atoms with van der Waals surface area (Å²) in [7, 11) is 5.20. The molecule has 17 heteroatoms. The highest BCUT2D eigenvalue weighted by Gasteiger charge is 2.67. The molecule has 1 aromatic carbocycles. The number of nitrogens with zero attached hydrogens (tertiary/aromatic N) is 1. The molecule has 0 bridgehead atoms. The Morgan fingerprint density at radius 2 is 1.94 bits per heavy atom. The van der Waals surface area contributed by atoms with Gasteiger partial charge in [-0.25, -0.2) is 9.59 Å². The maximum atomic E-state index is 14.7. The van der Waals surface area contributed by atoms with E-state index >= 15 is 0 Å². The van der Waals surface area contributed by atoms with Crippen LogP contribution in [-0.4, -0.2) is 124 Å². The summed E-state index contributed by atoms with van der Waals surface area (Å²) in [4.78, 5) is 57.7. The van der Waals surface area contributed by atoms with Gasteiger partial charge in [0, 0.05) is 109 Å². The summed E-state index contributed by atoms with van der Waals surface area (Å²) in [5.74, 6) is -1.22. The summed E-state index contributed by atoms with van der Waals surface area (Å²) in [6, 6.07) is 5.50. The molecule has 1 saturated heterocycles. The Kier molecular flexibility index (Phi) is 14.1. The van der Waals surface area contributed by atoms with E-state index in [1.165, 1.54) is 0 Å². The molecule has 3 fully saturated rings. The highest BCUT2D eigenvalue weighted by Crippen LogP contribution is 2.60. The molecular formula is C51H66N4O11S2. The zero-order valence-corrected chi connectivity index (χ0v) is 40.8. The summed E-state index contributed by atoms with van der Waals surface area (Å²) in [5.41, 5.74) is 6.76. The number of carbonyl (C=O) groups is 3. The van der Waals surface area contributed by atoms with Gasteiger partial charge in [0.2, 0.25) is 5.91 Å². The molecule has 1 spiro atoms. The number of benzene rings is 1. The van der Waals surface area contributed by atoms with Crippen LogP contribution in [0.25, 0.3) is 11.0 Å². The van der Waals surface area contributed by atoms with Crippen LogP contribution >= 0.6 is 21.6 Å². The molecule has 2 aromatic rings. The number of nitrogens with two attached hydrogens (primary N) is 1. The normalized spacial score (nSPS) is 32.5. The topological polar surface area (TPSA) is 234 Å². The largest absolute Gasteiger partial charge is 0.481 e. The van der Waals surface area contributed by atoms with Crippen molar-refractivity contribution < 1.29 is 48.7 Å². The minimum Gasteiger partial charge on any atom is -0.481 e. The molecule has 15 nitrogen and oxygen atoms in total. The van der Waals surface area contributed by atoms with Gasteiger partial charge in [-0.15, -0.1) is 0 Å². The molecule has 0 radical (unpaired) electrons. The van der Waals surface area contributed by atoms with Crippen LogP contribution in [0.15, 0.2) is 73.8 Å². The van der Waals surface area contributed by atoms with Crippen molar-refractivity contribution in [2.45, 2.75) is 112 Å². The van der Waals surface area contributed by atoms with Gasteiger partial charge in [-0.05, 0) is 93.8 Å². The lowest BCUT2D eigenvalue weighted by Crippen LogP contribution is -2.71. The van der Waals surface area contributed by atoms with E-state index in [9.17, 15) is 39.6 Å². The Bertz CT molecular complexity index is 2500. The number of fused-ring (bicyclic) bond motifs is 5. The number of aliphatic hydroxyl groups is 4. The molecule has 1 aromatic heterocycles. The number of dihydropyridines is 1. The van der Waals surface area contributed by atoms with Crippen molar-refractivity contribution in [1.29, 1.82) is 0 Å². The third-order valence-electron chi connectivity index (χ3n) is 16.9. The Morgan fingerprint density at radius 3 is 2.63 bits per heavy atom. The first-order valence-electron chi connectivity index (χ1n) is 24.3. The van der Waals surface area contributed by atoms with E-state index in [1.54, 1.807) is 47.6 Å². The molecule has 3 aliphatic carbocycles. The third-order valence-corrected chi connectivity index (χ3v) is 19.7. The fourth-order valence-corrected chi connectivity index (χ4v) is 16.5. The number of ether oxygens (including phenoxy) is 2. The number of rotatable bonds is 13. The molecule has 10 atom stereocenters. The number of carbonyl (C=O) groups excluding carboxylic acids is 3. The van der Waals surface area contributed by atoms with Crippen LogP contribution in [0.3, 0.4) is 0 Å². The number of hydrogen-bond donors (Lipinski definition) is 7. The van der Waals surface area contributed by atoms with Crippen molar-refractivity contribution >= 4 is 50.7 Å². The van der Waals surface area contributed by atoms with Crippen molar-refractivity contribution in [3.8, 4) is 5.75 Å². The fraction of sp³-hybridized carbons (Fsp3) is 0.608. The summed E-state index contributed by atoms with van der Waals surface area (Å²) >= 11 is 0. The summed E-state index contributed by atoms with van der Waals surface area (Å²) in [6.07, 6.45) is 11.7. The van der Waals surface area contributed by atoms with Crippen LogP contribution in [0.2, 0.25) is 0 Å². The van der Waals surface area contributed by atoms with Gasteiger partial charge in [0.15, 0.2) is 11.2 Å². The number of esters is 1. The monoisotopic (exact) mass is 974 g/mol. The number of hydrogen-bond acceptors (Lipinski definition) is 16. The van der Waals surface area contributed by atoms with Crippen molar-refractivity contribution in [3.05, 3.63) is 86.1 Å². The van der Waals surface area contributed by atoms with Gasteiger partial charge in [-0.2, -0.15) is 0 Å². The van der Waals surface area contributed by atoms with Gasteiger partial charge in [0.05, 0.1) is 30.8 Å². The number of aliphatic hydroxyl groups excluding tert-OH is 4. The number of nitrogens with one attached hydrogen (secondary N) is 2. The van der Waals surface area contributed by atoms with E-state index in [2.05, 4.69) is 10.6 Å². The predicted molar refractivity (Wildman–Crippen MR) is 260 cm³/mol. The Morgan fingerprint density at radius 1 is 1.15 bits per heavy atom. The number of aldehydes is 1. The molecule has 2 saturated carbocycles. The lowest BCUT2D eigenvalue weighted by Gasteiger charge is -2.59. The number of amides is 1. The molecule has 0 unspecified atom stereocenters. The van der Waals surface area contributed by atoms with E-state index < -0.39 is 46.7 Å². The van der Waals surface area contributed by atoms with Crippen molar-refractivity contribution in [2.24, 2.45) is 35.3 Å². The molecule has 8 N–H and O–H groups in total. The zero-order valence-electron chi connectivity index (χ0n) is 39.2. The first-order chi connectivity index (χ1) is 32.8. The van der Waals surface area contributed by atoms with E-state index in [0.29, 0.717) is 72.5 Å². The van der Waals surface area contributed by atoms with Crippen LogP contribution in [-0.2, 0) is 31.0 Å². The lowest BCUT2D eigenvalue weighted by atomic mass is 9.57. The van der Waals surface area contributed by atoms with Crippen LogP contribution in [0.4, 0.5) is 0 Å². The van der Waals surface area contributed by atoms with Crippen LogP contribution in [0.5, 0.6) is 5.75 Å². The second-order valence-electron chi connectivity index (χ2n) is 20.1. The van der Waals surface area contributed by atoms with Gasteiger partial charge in [-0.1, -0.05) is 52.2 Å². The second kappa shape index (κ2) is 19.6. The zero-order chi connectivity index (χ0) is 48.1. The molecule has 4 aliphatic heterocycles. The Hall–Kier alpha value is -4.10. The minimum absolute atomic E-state index is 0.0118. The summed E-state index contributed by atoms with van der Waals surface area (Å²) < 4.78 is 20.4. The first-order valence-corrected chi connectivity index (χ1v) is 26.7. The molecule has 5 heterocycles. The molecule has 1 amide bonds. The maximum absolute atomic E-state index is 14.7. The average Bonchev–Trinajstić information content (AvgIpc) is 3.95. The smallest absolute Gasteiger partial charge is 0.340 e. The fourth-order valence-electron chi connectivity index (χ4n) is 13.4. The first kappa shape index (κ1) is 48.9. The Balaban J connectivity index is 1.21. The second-order valence-corrected chi connectivity index (χ2v) is 22.7. The van der Waals surface area contributed by atoms with Crippen LogP contribution < -0.4 is 26.7 Å². The average molecular weight is 975 g/mol. The molecule has 68 heavy (non-hydrogen) atoms. The van der Waals surface area contributed by atoms with Gasteiger partial charge in [0.1, 0.15) is 17.6 Å². The molecular weight excluding hydrogens is 909 g/mol. The minimum atomic E-state index is -1.59. The maximum Gasteiger partial charge on any atom is 0.340 e. The van der Waals surface area contributed by atoms with E-state index in [4.69, 9.17) is 19.6 Å².